The van der Waals surface area contributed by atoms with Crippen LogP contribution in [-0.4, -0.2) is 25.8 Å². The largest absolute Gasteiger partial charge is 0.243 e. The third-order valence-corrected chi connectivity index (χ3v) is 4.55. The molecule has 16 heavy (non-hydrogen) atoms. The van der Waals surface area contributed by atoms with Crippen molar-refractivity contribution in [3.63, 3.8) is 0 Å². The van der Waals surface area contributed by atoms with Gasteiger partial charge in [0.1, 0.15) is 0 Å². The molecule has 0 unspecified atom stereocenters. The van der Waals surface area contributed by atoms with Crippen LogP contribution in [0.25, 0.3) is 0 Å². The van der Waals surface area contributed by atoms with Gasteiger partial charge in [-0.2, -0.15) is 4.31 Å². The maximum Gasteiger partial charge on any atom is 0.243 e. The molecule has 0 aromatic heterocycles. The molecule has 0 aliphatic heterocycles. The molecule has 0 bridgehead atoms. The Bertz CT molecular complexity index is 471. The Morgan fingerprint density at radius 1 is 1.50 bits per heavy atom. The Morgan fingerprint density at radius 3 is 2.69 bits per heavy atom. The van der Waals surface area contributed by atoms with Gasteiger partial charge in [0.25, 0.3) is 0 Å². The summed E-state index contributed by atoms with van der Waals surface area (Å²) in [5, 5.41) is 0. The Labute approximate surface area is 105 Å². The standard InChI is InChI=1S/C11H14BrNO2S/c1-3-8-13(4-2)16(14,15)11-7-5-6-10(12)9-11/h3,5-7,9H,1,4,8H2,2H3. The van der Waals surface area contributed by atoms with Crippen molar-refractivity contribution in [3.05, 3.63) is 41.4 Å². The Balaban J connectivity index is 3.14. The second-order valence-electron chi connectivity index (χ2n) is 3.20. The predicted octanol–water partition coefficient (Wildman–Crippen LogP) is 2.65. The lowest BCUT2D eigenvalue weighted by Gasteiger charge is -2.18. The first-order valence-electron chi connectivity index (χ1n) is 4.89. The van der Waals surface area contributed by atoms with Gasteiger partial charge in [-0.25, -0.2) is 8.42 Å². The van der Waals surface area contributed by atoms with Gasteiger partial charge < -0.3 is 0 Å². The number of likely N-dealkylation sites (N-methyl/N-ethyl adjacent to an activating group) is 1. The molecule has 1 aromatic rings. The molecule has 0 saturated carbocycles. The van der Waals surface area contributed by atoms with Gasteiger partial charge in [0.05, 0.1) is 4.90 Å². The summed E-state index contributed by atoms with van der Waals surface area (Å²) in [6, 6.07) is 6.69. The monoisotopic (exact) mass is 303 g/mol. The lowest BCUT2D eigenvalue weighted by molar-refractivity contribution is 0.460. The SMILES string of the molecule is C=CCN(CC)S(=O)(=O)c1cccc(Br)c1. The van der Waals surface area contributed by atoms with E-state index < -0.39 is 10.0 Å². The van der Waals surface area contributed by atoms with Gasteiger partial charge >= 0.3 is 0 Å². The van der Waals surface area contributed by atoms with Crippen molar-refractivity contribution < 1.29 is 8.42 Å². The summed E-state index contributed by atoms with van der Waals surface area (Å²) in [5.41, 5.74) is 0. The highest BCUT2D eigenvalue weighted by atomic mass is 79.9. The molecule has 0 aliphatic carbocycles. The second kappa shape index (κ2) is 5.61. The minimum absolute atomic E-state index is 0.297. The van der Waals surface area contributed by atoms with Crippen LogP contribution in [0.5, 0.6) is 0 Å². The first-order chi connectivity index (χ1) is 7.52. The minimum Gasteiger partial charge on any atom is -0.207 e. The van der Waals surface area contributed by atoms with E-state index in [4.69, 9.17) is 0 Å². The van der Waals surface area contributed by atoms with E-state index in [2.05, 4.69) is 22.5 Å². The molecule has 1 aromatic carbocycles. The zero-order valence-corrected chi connectivity index (χ0v) is 11.5. The zero-order chi connectivity index (χ0) is 12.2. The third-order valence-electron chi connectivity index (χ3n) is 2.12. The average Bonchev–Trinajstić information content (AvgIpc) is 2.25. The van der Waals surface area contributed by atoms with Gasteiger partial charge in [-0.3, -0.25) is 0 Å². The second-order valence-corrected chi connectivity index (χ2v) is 6.06. The maximum absolute atomic E-state index is 12.2. The summed E-state index contributed by atoms with van der Waals surface area (Å²) < 4.78 is 26.5. The minimum atomic E-state index is -3.40. The number of benzene rings is 1. The van der Waals surface area contributed by atoms with Crippen LogP contribution in [0.15, 0.2) is 46.3 Å². The van der Waals surface area contributed by atoms with Gasteiger partial charge in [0.15, 0.2) is 0 Å². The van der Waals surface area contributed by atoms with E-state index in [1.165, 1.54) is 4.31 Å². The fourth-order valence-corrected chi connectivity index (χ4v) is 3.33. The molecule has 0 N–H and O–H groups in total. The number of rotatable bonds is 5. The number of sulfonamides is 1. The van der Waals surface area contributed by atoms with Crippen LogP contribution in [0.3, 0.4) is 0 Å². The van der Waals surface area contributed by atoms with Crippen molar-refractivity contribution in [2.45, 2.75) is 11.8 Å². The van der Waals surface area contributed by atoms with Crippen LogP contribution in [0.2, 0.25) is 0 Å². The summed E-state index contributed by atoms with van der Waals surface area (Å²) in [6.07, 6.45) is 1.58. The normalized spacial score (nSPS) is 11.7. The van der Waals surface area contributed by atoms with Crippen molar-refractivity contribution in [3.8, 4) is 0 Å². The van der Waals surface area contributed by atoms with Crippen LogP contribution >= 0.6 is 15.9 Å². The van der Waals surface area contributed by atoms with Crippen LogP contribution in [0.1, 0.15) is 6.92 Å². The lowest BCUT2D eigenvalue weighted by atomic mass is 10.4. The van der Waals surface area contributed by atoms with Gasteiger partial charge in [-0.05, 0) is 18.2 Å². The number of hydrogen-bond acceptors (Lipinski definition) is 2. The Kier molecular flexibility index (Phi) is 4.70. The molecule has 0 radical (unpaired) electrons. The molecule has 0 heterocycles. The van der Waals surface area contributed by atoms with E-state index in [9.17, 15) is 8.42 Å². The van der Waals surface area contributed by atoms with E-state index in [-0.39, 0.29) is 0 Å². The highest BCUT2D eigenvalue weighted by Gasteiger charge is 2.21. The Hall–Kier alpha value is -0.650. The fraction of sp³-hybridized carbons (Fsp3) is 0.273. The van der Waals surface area contributed by atoms with E-state index in [0.717, 1.165) is 4.47 Å². The predicted molar refractivity (Wildman–Crippen MR) is 68.8 cm³/mol. The van der Waals surface area contributed by atoms with Crippen LogP contribution in [0, 0.1) is 0 Å². The summed E-state index contributed by atoms with van der Waals surface area (Å²) >= 11 is 3.26. The summed E-state index contributed by atoms with van der Waals surface area (Å²) in [7, 11) is -3.40. The van der Waals surface area contributed by atoms with Gasteiger partial charge in [0.2, 0.25) is 10.0 Å². The van der Waals surface area contributed by atoms with Gasteiger partial charge in [0, 0.05) is 17.6 Å². The van der Waals surface area contributed by atoms with E-state index in [0.29, 0.717) is 18.0 Å². The maximum atomic E-state index is 12.2. The number of hydrogen-bond donors (Lipinski definition) is 0. The molecule has 1 rings (SSSR count). The first-order valence-corrected chi connectivity index (χ1v) is 7.12. The van der Waals surface area contributed by atoms with Crippen molar-refractivity contribution in [1.82, 2.24) is 4.31 Å². The molecule has 0 atom stereocenters. The summed E-state index contributed by atoms with van der Waals surface area (Å²) in [5.74, 6) is 0. The van der Waals surface area contributed by atoms with Gasteiger partial charge in [-0.1, -0.05) is 35.0 Å². The van der Waals surface area contributed by atoms with Crippen LogP contribution in [-0.2, 0) is 10.0 Å². The van der Waals surface area contributed by atoms with Crippen molar-refractivity contribution in [2.24, 2.45) is 0 Å². The topological polar surface area (TPSA) is 37.4 Å². The Morgan fingerprint density at radius 2 is 2.19 bits per heavy atom. The van der Waals surface area contributed by atoms with E-state index in [1.807, 2.05) is 0 Å². The molecule has 0 spiro atoms. The smallest absolute Gasteiger partial charge is 0.207 e. The van der Waals surface area contributed by atoms with Gasteiger partial charge in [-0.15, -0.1) is 6.58 Å². The molecular formula is C11H14BrNO2S. The van der Waals surface area contributed by atoms with E-state index >= 15 is 0 Å². The van der Waals surface area contributed by atoms with E-state index in [1.54, 1.807) is 37.3 Å². The molecule has 3 nitrogen and oxygen atoms in total. The molecule has 0 aliphatic rings. The fourth-order valence-electron chi connectivity index (χ4n) is 1.32. The van der Waals surface area contributed by atoms with Crippen molar-refractivity contribution >= 4 is 26.0 Å². The molecule has 0 saturated heterocycles. The zero-order valence-electron chi connectivity index (χ0n) is 9.06. The quantitative estimate of drug-likeness (QED) is 0.784. The molecule has 0 fully saturated rings. The van der Waals surface area contributed by atoms with Crippen LogP contribution in [0.4, 0.5) is 0 Å². The van der Waals surface area contributed by atoms with Crippen molar-refractivity contribution in [2.75, 3.05) is 13.1 Å². The average molecular weight is 304 g/mol. The summed E-state index contributed by atoms with van der Waals surface area (Å²) in [6.45, 7) is 6.12. The molecule has 5 heteroatoms. The number of halogens is 1. The van der Waals surface area contributed by atoms with Crippen molar-refractivity contribution in [1.29, 1.82) is 0 Å². The summed E-state index contributed by atoms with van der Waals surface area (Å²) in [4.78, 5) is 0.297. The molecular weight excluding hydrogens is 290 g/mol. The highest BCUT2D eigenvalue weighted by molar-refractivity contribution is 9.10. The molecule has 88 valence electrons. The number of nitrogens with zero attached hydrogens (tertiary/aromatic N) is 1. The first kappa shape index (κ1) is 13.4. The molecule has 0 amide bonds. The van der Waals surface area contributed by atoms with Crippen LogP contribution < -0.4 is 0 Å². The highest BCUT2D eigenvalue weighted by Crippen LogP contribution is 2.19. The lowest BCUT2D eigenvalue weighted by Crippen LogP contribution is -2.30. The third kappa shape index (κ3) is 2.93.